The van der Waals surface area contributed by atoms with Crippen LogP contribution in [0.1, 0.15) is 111 Å². The van der Waals surface area contributed by atoms with Crippen LogP contribution < -0.4 is 16.0 Å². The molecule has 0 aromatic carbocycles. The molecular weight excluding hydrogens is 509 g/mol. The number of hydrogen-bond donors (Lipinski definition) is 3. The van der Waals surface area contributed by atoms with Crippen LogP contribution in [0.15, 0.2) is 18.2 Å². The van der Waals surface area contributed by atoms with Crippen LogP contribution in [0.3, 0.4) is 0 Å². The number of aromatic nitrogens is 6. The molecule has 0 aliphatic rings. The average molecular weight is 553 g/mol. The van der Waals surface area contributed by atoms with Gasteiger partial charge >= 0.3 is 7.12 Å². The first-order valence-electron chi connectivity index (χ1n) is 13.5. The lowest BCUT2D eigenvalue weighted by atomic mass is 9.93. The fourth-order valence-corrected chi connectivity index (χ4v) is 4.32. The quantitative estimate of drug-likeness (QED) is 0.402. The second-order valence-electron chi connectivity index (χ2n) is 13.5. The van der Waals surface area contributed by atoms with E-state index in [0.29, 0.717) is 17.1 Å². The Bertz CT molecular complexity index is 1260. The lowest BCUT2D eigenvalue weighted by Crippen LogP contribution is -2.47. The van der Waals surface area contributed by atoms with Crippen molar-refractivity contribution in [3.8, 4) is 0 Å². The number of hydrogen-bond acceptors (Lipinski definition) is 6. The van der Waals surface area contributed by atoms with Crippen molar-refractivity contribution in [2.75, 3.05) is 0 Å². The highest BCUT2D eigenvalue weighted by Crippen LogP contribution is 2.16. The summed E-state index contributed by atoms with van der Waals surface area (Å²) in [5.41, 5.74) is 1.51. The molecule has 0 radical (unpaired) electrons. The Labute approximate surface area is 236 Å². The Morgan fingerprint density at radius 2 is 0.775 bits per heavy atom. The third-order valence-electron chi connectivity index (χ3n) is 5.91. The Hall–Kier alpha value is -3.90. The van der Waals surface area contributed by atoms with Crippen molar-refractivity contribution in [2.24, 2.45) is 0 Å². The fourth-order valence-electron chi connectivity index (χ4n) is 4.32. The van der Waals surface area contributed by atoms with Gasteiger partial charge in [0.15, 0.2) is 0 Å². The molecule has 0 aliphatic carbocycles. The predicted octanol–water partition coefficient (Wildman–Crippen LogP) is 2.45. The van der Waals surface area contributed by atoms with Gasteiger partial charge in [0.1, 0.15) is 17.1 Å². The number of amides is 3. The Kier molecular flexibility index (Phi) is 8.11. The standard InChI is InChI=1S/C27H43BN9O3/c1-16-13-19(22(38)29-25(4,5)6)32-35(16)28(36-17(2)14-20(33-36)23(39)30-26(7,8)9)37-18(3)15-21(34-37)24(40)31-27(10,11)12/h13-15,28H,1-12H3,(H,29,38)(H,30,39)(H,31,40)/q-1. The van der Waals surface area contributed by atoms with Crippen LogP contribution >= 0.6 is 0 Å². The summed E-state index contributed by atoms with van der Waals surface area (Å²) in [6.07, 6.45) is 0. The molecule has 0 spiro atoms. The van der Waals surface area contributed by atoms with Crippen LogP contribution in [-0.4, -0.2) is 70.5 Å². The molecule has 0 aliphatic heterocycles. The van der Waals surface area contributed by atoms with Gasteiger partial charge in [0.05, 0.1) is 0 Å². The predicted molar refractivity (Wildman–Crippen MR) is 156 cm³/mol. The molecule has 0 unspecified atom stereocenters. The minimum Gasteiger partial charge on any atom is -0.400 e. The summed E-state index contributed by atoms with van der Waals surface area (Å²) in [7, 11) is -2.00. The lowest BCUT2D eigenvalue weighted by Gasteiger charge is -2.31. The van der Waals surface area contributed by atoms with Gasteiger partial charge in [0.2, 0.25) is 0 Å². The molecule has 0 atom stereocenters. The Morgan fingerprint density at radius 1 is 0.550 bits per heavy atom. The van der Waals surface area contributed by atoms with Gasteiger partial charge in [-0.2, -0.15) is 0 Å². The zero-order valence-electron chi connectivity index (χ0n) is 25.8. The molecule has 40 heavy (non-hydrogen) atoms. The van der Waals surface area contributed by atoms with Gasteiger partial charge in [-0.05, 0) is 118 Å². The van der Waals surface area contributed by atoms with Crippen molar-refractivity contribution >= 4 is 24.8 Å². The largest absolute Gasteiger partial charge is 0.400 e. The van der Waals surface area contributed by atoms with Crippen molar-refractivity contribution in [3.63, 3.8) is 0 Å². The molecular formula is C27H43BN9O3-. The molecule has 3 aromatic heterocycles. The molecule has 3 heterocycles. The Morgan fingerprint density at radius 3 is 0.975 bits per heavy atom. The first-order chi connectivity index (χ1) is 18.1. The van der Waals surface area contributed by atoms with Crippen LogP contribution in [0.25, 0.3) is 0 Å². The minimum atomic E-state index is -2.00. The molecule has 13 heteroatoms. The van der Waals surface area contributed by atoms with Crippen molar-refractivity contribution < 1.29 is 14.4 Å². The molecule has 3 N–H and O–H groups in total. The summed E-state index contributed by atoms with van der Waals surface area (Å²) < 4.78 is 5.11. The second kappa shape index (κ2) is 10.6. The van der Waals surface area contributed by atoms with Gasteiger partial charge in [-0.1, -0.05) is 0 Å². The molecule has 0 saturated carbocycles. The van der Waals surface area contributed by atoms with E-state index in [2.05, 4.69) is 31.2 Å². The van der Waals surface area contributed by atoms with Gasteiger partial charge in [-0.15, -0.1) is 0 Å². The molecule has 218 valence electrons. The number of nitrogens with one attached hydrogen (secondary N) is 3. The molecule has 3 aromatic rings. The summed E-state index contributed by atoms with van der Waals surface area (Å²) >= 11 is 0. The van der Waals surface area contributed by atoms with E-state index >= 15 is 0 Å². The fraction of sp³-hybridized carbons (Fsp3) is 0.556. The zero-order chi connectivity index (χ0) is 30.4. The van der Waals surface area contributed by atoms with E-state index in [4.69, 9.17) is 0 Å². The summed E-state index contributed by atoms with van der Waals surface area (Å²) in [4.78, 5) is 38.9. The maximum atomic E-state index is 13.0. The average Bonchev–Trinajstić information content (AvgIpc) is 3.43. The third-order valence-corrected chi connectivity index (χ3v) is 5.91. The number of rotatable bonds is 6. The number of carbonyl (C=O) groups is 3. The summed E-state index contributed by atoms with van der Waals surface area (Å²) in [6, 6.07) is 5.12. The van der Waals surface area contributed by atoms with Crippen LogP contribution in [0, 0.1) is 20.8 Å². The van der Waals surface area contributed by atoms with Crippen molar-refractivity contribution in [2.45, 2.75) is 99.7 Å². The van der Waals surface area contributed by atoms with E-state index in [9.17, 15) is 14.4 Å². The van der Waals surface area contributed by atoms with E-state index in [0.717, 1.165) is 0 Å². The highest BCUT2D eigenvalue weighted by Gasteiger charge is 2.27. The topological polar surface area (TPSA) is 141 Å². The highest BCUT2D eigenvalue weighted by molar-refractivity contribution is 6.53. The van der Waals surface area contributed by atoms with Crippen LogP contribution in [0.4, 0.5) is 0 Å². The smallest absolute Gasteiger partial charge is 0.326 e. The molecule has 0 bridgehead atoms. The first-order valence-corrected chi connectivity index (χ1v) is 13.5. The molecule has 0 fully saturated rings. The SMILES string of the molecule is Cc1cc(C(=O)NC(C)(C)C)nn1[BH-](n1nc(C(=O)NC(C)(C)C)cc1C)n1nc(C(=O)NC(C)(C)C)cc1C. The number of carbonyl (C=O) groups excluding carboxylic acids is 3. The highest BCUT2D eigenvalue weighted by atomic mass is 16.2. The molecule has 3 rings (SSSR count). The van der Waals surface area contributed by atoms with Crippen molar-refractivity contribution in [1.82, 2.24) is 45.0 Å². The molecule has 12 nitrogen and oxygen atoms in total. The normalized spacial score (nSPS) is 12.5. The van der Waals surface area contributed by atoms with E-state index in [-0.39, 0.29) is 34.8 Å². The first kappa shape index (κ1) is 30.6. The van der Waals surface area contributed by atoms with E-state index in [1.54, 1.807) is 32.0 Å². The lowest BCUT2D eigenvalue weighted by molar-refractivity contribution is 0.0905. The van der Waals surface area contributed by atoms with E-state index < -0.39 is 23.7 Å². The second-order valence-corrected chi connectivity index (χ2v) is 13.5. The summed E-state index contributed by atoms with van der Waals surface area (Å²) in [5.74, 6) is -0.924. The zero-order valence-corrected chi connectivity index (χ0v) is 25.8. The van der Waals surface area contributed by atoms with Gasteiger partial charge in [0.25, 0.3) is 17.7 Å². The van der Waals surface area contributed by atoms with Crippen LogP contribution in [-0.2, 0) is 0 Å². The van der Waals surface area contributed by atoms with E-state index in [1.807, 2.05) is 83.1 Å². The maximum absolute atomic E-state index is 13.0. The van der Waals surface area contributed by atoms with Crippen molar-refractivity contribution in [1.29, 1.82) is 0 Å². The monoisotopic (exact) mass is 552 g/mol. The number of nitrogens with zero attached hydrogens (tertiary/aromatic N) is 6. The number of aryl methyl sites for hydroxylation is 3. The third kappa shape index (κ3) is 7.39. The van der Waals surface area contributed by atoms with E-state index in [1.165, 1.54) is 0 Å². The van der Waals surface area contributed by atoms with Gasteiger partial charge in [-0.25, -0.2) is 15.3 Å². The maximum Gasteiger partial charge on any atom is 0.326 e. The van der Waals surface area contributed by atoms with Gasteiger partial charge in [-0.3, -0.25) is 14.4 Å². The summed E-state index contributed by atoms with van der Waals surface area (Å²) in [6.45, 7) is 22.6. The van der Waals surface area contributed by atoms with Crippen molar-refractivity contribution in [3.05, 3.63) is 52.4 Å². The van der Waals surface area contributed by atoms with Crippen LogP contribution in [0.2, 0.25) is 0 Å². The minimum absolute atomic E-state index is 0.246. The molecule has 3 amide bonds. The Balaban J connectivity index is 2.17. The summed E-state index contributed by atoms with van der Waals surface area (Å²) in [5, 5.41) is 22.9. The molecule has 0 saturated heterocycles. The van der Waals surface area contributed by atoms with Gasteiger partial charge in [0, 0.05) is 16.6 Å². The van der Waals surface area contributed by atoms with Gasteiger partial charge < -0.3 is 29.7 Å². The van der Waals surface area contributed by atoms with Crippen LogP contribution in [0.5, 0.6) is 0 Å².